The molecule has 0 radical (unpaired) electrons. The molecule has 3 aromatic rings. The van der Waals surface area contributed by atoms with Crippen LogP contribution in [0.3, 0.4) is 0 Å². The van der Waals surface area contributed by atoms with E-state index in [-0.39, 0.29) is 17.0 Å². The molecule has 0 aliphatic heterocycles. The predicted octanol–water partition coefficient (Wildman–Crippen LogP) is 7.17. The first kappa shape index (κ1) is 20.2. The molecule has 0 atom stereocenters. The first-order chi connectivity index (χ1) is 13.2. The summed E-state index contributed by atoms with van der Waals surface area (Å²) >= 11 is 9.08. The molecule has 144 valence electrons. The van der Waals surface area contributed by atoms with Crippen molar-refractivity contribution in [3.8, 4) is 11.5 Å². The van der Waals surface area contributed by atoms with Crippen molar-refractivity contribution in [3.63, 3.8) is 0 Å². The molecule has 0 saturated heterocycles. The highest BCUT2D eigenvalue weighted by Gasteiger charge is 2.31. The smallest absolute Gasteiger partial charge is 0.416 e. The molecule has 0 spiro atoms. The summed E-state index contributed by atoms with van der Waals surface area (Å²) < 4.78 is 45.7. The Kier molecular flexibility index (Phi) is 5.96. The van der Waals surface area contributed by atoms with E-state index in [1.54, 1.807) is 48.5 Å². The van der Waals surface area contributed by atoms with Crippen LogP contribution in [-0.2, 0) is 6.18 Å². The number of nitrogens with one attached hydrogen (secondary N) is 1. The predicted molar refractivity (Wildman–Crippen MR) is 105 cm³/mol. The molecule has 28 heavy (non-hydrogen) atoms. The molecule has 0 aliphatic carbocycles. The zero-order valence-electron chi connectivity index (χ0n) is 14.1. The van der Waals surface area contributed by atoms with E-state index < -0.39 is 17.6 Å². The minimum absolute atomic E-state index is 0.0702. The van der Waals surface area contributed by atoms with Crippen LogP contribution >= 0.6 is 27.5 Å². The molecule has 3 aromatic carbocycles. The molecule has 8 heteroatoms. The maximum atomic E-state index is 13.1. The molecule has 0 saturated carbocycles. The van der Waals surface area contributed by atoms with Gasteiger partial charge in [0, 0.05) is 15.1 Å². The fourth-order valence-corrected chi connectivity index (χ4v) is 2.71. The molecule has 1 N–H and O–H groups in total. The first-order valence-electron chi connectivity index (χ1n) is 7.94. The number of hydrogen-bond acceptors (Lipinski definition) is 2. The van der Waals surface area contributed by atoms with Gasteiger partial charge in [0.2, 0.25) is 0 Å². The van der Waals surface area contributed by atoms with Gasteiger partial charge >= 0.3 is 6.18 Å². The number of amides is 1. The van der Waals surface area contributed by atoms with Crippen molar-refractivity contribution >= 4 is 39.1 Å². The Morgan fingerprint density at radius 1 is 0.964 bits per heavy atom. The third-order valence-electron chi connectivity index (χ3n) is 3.70. The molecule has 1 amide bonds. The van der Waals surface area contributed by atoms with Crippen LogP contribution in [0.5, 0.6) is 11.5 Å². The Morgan fingerprint density at radius 2 is 1.61 bits per heavy atom. The number of ether oxygens (including phenoxy) is 1. The summed E-state index contributed by atoms with van der Waals surface area (Å²) in [7, 11) is 0. The second-order valence-corrected chi connectivity index (χ2v) is 7.08. The summed E-state index contributed by atoms with van der Waals surface area (Å²) in [6.07, 6.45) is -4.56. The van der Waals surface area contributed by atoms with Gasteiger partial charge < -0.3 is 10.1 Å². The number of rotatable bonds is 4. The third-order valence-corrected chi connectivity index (χ3v) is 4.48. The minimum Gasteiger partial charge on any atom is -0.455 e. The number of alkyl halides is 3. The Bertz CT molecular complexity index is 990. The van der Waals surface area contributed by atoms with E-state index in [0.29, 0.717) is 10.8 Å². The van der Waals surface area contributed by atoms with Crippen LogP contribution in [0, 0.1) is 0 Å². The number of benzene rings is 3. The summed E-state index contributed by atoms with van der Waals surface area (Å²) in [6.45, 7) is 0. The lowest BCUT2D eigenvalue weighted by atomic mass is 10.1. The summed E-state index contributed by atoms with van der Waals surface area (Å²) in [6, 6.07) is 15.6. The van der Waals surface area contributed by atoms with Gasteiger partial charge in [0.05, 0.1) is 11.3 Å². The number of carbonyl (C=O) groups excluding carboxylic acids is 1. The topological polar surface area (TPSA) is 38.3 Å². The third kappa shape index (κ3) is 5.05. The lowest BCUT2D eigenvalue weighted by molar-refractivity contribution is -0.137. The van der Waals surface area contributed by atoms with Crippen LogP contribution in [-0.4, -0.2) is 5.91 Å². The summed E-state index contributed by atoms with van der Waals surface area (Å²) in [5.74, 6) is -0.128. The van der Waals surface area contributed by atoms with E-state index in [2.05, 4.69) is 21.2 Å². The fraction of sp³-hybridized carbons (Fsp3) is 0.0500. The van der Waals surface area contributed by atoms with E-state index in [9.17, 15) is 18.0 Å². The maximum absolute atomic E-state index is 13.1. The van der Waals surface area contributed by atoms with Crippen LogP contribution in [0.4, 0.5) is 18.9 Å². The molecule has 0 aromatic heterocycles. The number of carbonyl (C=O) groups is 1. The van der Waals surface area contributed by atoms with Crippen LogP contribution in [0.15, 0.2) is 71.2 Å². The van der Waals surface area contributed by atoms with Crippen molar-refractivity contribution in [3.05, 3.63) is 87.4 Å². The Labute approximate surface area is 172 Å². The number of halogens is 5. The van der Waals surface area contributed by atoms with Gasteiger partial charge in [-0.2, -0.15) is 13.2 Å². The first-order valence-corrected chi connectivity index (χ1v) is 9.11. The van der Waals surface area contributed by atoms with Gasteiger partial charge in [-0.15, -0.1) is 0 Å². The van der Waals surface area contributed by atoms with Crippen LogP contribution < -0.4 is 10.1 Å². The standard InChI is InChI=1S/C20H12BrClF3NO2/c21-14-4-1-12(2-5-14)19(27)26-17-11-13(20(23,24)25)3-10-18(17)28-16-8-6-15(22)7-9-16/h1-11H,(H,26,27). The molecule has 0 fully saturated rings. The number of anilines is 1. The average Bonchev–Trinajstić information content (AvgIpc) is 2.64. The largest absolute Gasteiger partial charge is 0.455 e. The van der Waals surface area contributed by atoms with Gasteiger partial charge in [0.25, 0.3) is 5.91 Å². The summed E-state index contributed by atoms with van der Waals surface area (Å²) in [5.41, 5.74) is -0.710. The van der Waals surface area contributed by atoms with Crippen LogP contribution in [0.2, 0.25) is 5.02 Å². The molecular weight excluding hydrogens is 459 g/mol. The summed E-state index contributed by atoms with van der Waals surface area (Å²) in [5, 5.41) is 2.97. The van der Waals surface area contributed by atoms with E-state index in [1.165, 1.54) is 0 Å². The molecule has 3 rings (SSSR count). The monoisotopic (exact) mass is 469 g/mol. The summed E-state index contributed by atoms with van der Waals surface area (Å²) in [4.78, 5) is 12.5. The van der Waals surface area contributed by atoms with E-state index in [4.69, 9.17) is 16.3 Å². The number of hydrogen-bond donors (Lipinski definition) is 1. The van der Waals surface area contributed by atoms with Crippen molar-refractivity contribution in [1.29, 1.82) is 0 Å². The van der Waals surface area contributed by atoms with E-state index in [1.807, 2.05) is 0 Å². The SMILES string of the molecule is O=C(Nc1cc(C(F)(F)F)ccc1Oc1ccc(Cl)cc1)c1ccc(Br)cc1. The van der Waals surface area contributed by atoms with Gasteiger partial charge in [-0.25, -0.2) is 0 Å². The van der Waals surface area contributed by atoms with E-state index >= 15 is 0 Å². The molecule has 3 nitrogen and oxygen atoms in total. The maximum Gasteiger partial charge on any atom is 0.416 e. The van der Waals surface area contributed by atoms with E-state index in [0.717, 1.165) is 22.7 Å². The second-order valence-electron chi connectivity index (χ2n) is 5.73. The van der Waals surface area contributed by atoms with Gasteiger partial charge in [0.1, 0.15) is 5.75 Å². The highest BCUT2D eigenvalue weighted by Crippen LogP contribution is 2.37. The van der Waals surface area contributed by atoms with Crippen molar-refractivity contribution in [2.24, 2.45) is 0 Å². The Balaban J connectivity index is 1.94. The quantitative estimate of drug-likeness (QED) is 0.439. The Hall–Kier alpha value is -2.51. The molecule has 0 bridgehead atoms. The van der Waals surface area contributed by atoms with Crippen molar-refractivity contribution in [2.75, 3.05) is 5.32 Å². The second kappa shape index (κ2) is 8.24. The van der Waals surface area contributed by atoms with Crippen LogP contribution in [0.1, 0.15) is 15.9 Å². The highest BCUT2D eigenvalue weighted by atomic mass is 79.9. The normalized spacial score (nSPS) is 11.2. The molecule has 0 unspecified atom stereocenters. The minimum atomic E-state index is -4.56. The highest BCUT2D eigenvalue weighted by molar-refractivity contribution is 9.10. The fourth-order valence-electron chi connectivity index (χ4n) is 2.32. The lowest BCUT2D eigenvalue weighted by Gasteiger charge is -2.15. The van der Waals surface area contributed by atoms with Crippen molar-refractivity contribution < 1.29 is 22.7 Å². The van der Waals surface area contributed by atoms with Gasteiger partial charge in [-0.3, -0.25) is 4.79 Å². The zero-order valence-corrected chi connectivity index (χ0v) is 16.4. The lowest BCUT2D eigenvalue weighted by Crippen LogP contribution is -2.14. The van der Waals surface area contributed by atoms with Gasteiger partial charge in [0.15, 0.2) is 5.75 Å². The Morgan fingerprint density at radius 3 is 2.21 bits per heavy atom. The molecule has 0 heterocycles. The molecule has 0 aliphatic rings. The van der Waals surface area contributed by atoms with Crippen molar-refractivity contribution in [1.82, 2.24) is 0 Å². The zero-order chi connectivity index (χ0) is 20.3. The molecular formula is C20H12BrClF3NO2. The van der Waals surface area contributed by atoms with Gasteiger partial charge in [-0.1, -0.05) is 27.5 Å². The average molecular weight is 471 g/mol. The van der Waals surface area contributed by atoms with Gasteiger partial charge in [-0.05, 0) is 66.7 Å². The van der Waals surface area contributed by atoms with Crippen molar-refractivity contribution in [2.45, 2.75) is 6.18 Å². The van der Waals surface area contributed by atoms with Crippen LogP contribution in [0.25, 0.3) is 0 Å².